The molecule has 2 aromatic rings. The van der Waals surface area contributed by atoms with Gasteiger partial charge in [-0.2, -0.15) is 0 Å². The molecule has 1 saturated heterocycles. The number of rotatable bonds is 4. The van der Waals surface area contributed by atoms with Crippen molar-refractivity contribution in [1.82, 2.24) is 20.1 Å². The SMILES string of the molecule is CC(=O)Nc1nnc(N2CCN(Cc3ccc4c(n3)NCS4)CC2)s1. The van der Waals surface area contributed by atoms with Crippen LogP contribution in [0.5, 0.6) is 0 Å². The third-order valence-electron chi connectivity index (χ3n) is 4.11. The number of nitrogens with zero attached hydrogens (tertiary/aromatic N) is 5. The predicted molar refractivity (Wildman–Crippen MR) is 100 cm³/mol. The lowest BCUT2D eigenvalue weighted by Gasteiger charge is -2.34. The van der Waals surface area contributed by atoms with Crippen molar-refractivity contribution < 1.29 is 4.79 Å². The fourth-order valence-electron chi connectivity index (χ4n) is 2.87. The Labute approximate surface area is 154 Å². The monoisotopic (exact) mass is 377 g/mol. The van der Waals surface area contributed by atoms with Gasteiger partial charge in [-0.25, -0.2) is 4.98 Å². The standard InChI is InChI=1S/C15H19N7OS2/c1-10(23)17-14-19-20-15(25-14)22-6-4-21(5-7-22)8-11-2-3-12-13(18-11)16-9-24-12/h2-3H,4-9H2,1H3,(H,16,18)(H,17,19,23). The molecule has 2 aliphatic heterocycles. The summed E-state index contributed by atoms with van der Waals surface area (Å²) in [6.45, 7) is 6.04. The number of piperazine rings is 1. The molecule has 2 aromatic heterocycles. The first-order chi connectivity index (χ1) is 12.2. The topological polar surface area (TPSA) is 86.3 Å². The van der Waals surface area contributed by atoms with Crippen LogP contribution in [-0.4, -0.2) is 58.0 Å². The lowest BCUT2D eigenvalue weighted by atomic mass is 10.2. The first-order valence-corrected chi connectivity index (χ1v) is 9.92. The molecule has 132 valence electrons. The number of hydrogen-bond acceptors (Lipinski definition) is 9. The van der Waals surface area contributed by atoms with Gasteiger partial charge in [0.25, 0.3) is 0 Å². The number of nitrogens with one attached hydrogen (secondary N) is 2. The molecule has 4 rings (SSSR count). The Kier molecular flexibility index (Phi) is 4.73. The van der Waals surface area contributed by atoms with E-state index in [0.717, 1.165) is 55.2 Å². The van der Waals surface area contributed by atoms with Gasteiger partial charge < -0.3 is 15.5 Å². The van der Waals surface area contributed by atoms with Crippen molar-refractivity contribution in [3.63, 3.8) is 0 Å². The van der Waals surface area contributed by atoms with E-state index in [1.165, 1.54) is 23.2 Å². The molecule has 1 amide bonds. The van der Waals surface area contributed by atoms with E-state index in [9.17, 15) is 4.79 Å². The largest absolute Gasteiger partial charge is 0.360 e. The van der Waals surface area contributed by atoms with Crippen LogP contribution in [0.25, 0.3) is 0 Å². The fourth-order valence-corrected chi connectivity index (χ4v) is 4.50. The zero-order valence-corrected chi connectivity index (χ0v) is 15.5. The second-order valence-corrected chi connectivity index (χ2v) is 7.92. The number of carbonyl (C=O) groups is 1. The van der Waals surface area contributed by atoms with E-state index in [4.69, 9.17) is 4.98 Å². The molecule has 0 bridgehead atoms. The predicted octanol–water partition coefficient (Wildman–Crippen LogP) is 1.69. The van der Waals surface area contributed by atoms with Gasteiger partial charge in [-0.1, -0.05) is 11.3 Å². The molecule has 2 N–H and O–H groups in total. The lowest BCUT2D eigenvalue weighted by molar-refractivity contribution is -0.114. The second-order valence-electron chi connectivity index (χ2n) is 5.95. The van der Waals surface area contributed by atoms with Gasteiger partial charge >= 0.3 is 0 Å². The lowest BCUT2D eigenvalue weighted by Crippen LogP contribution is -2.46. The smallest absolute Gasteiger partial charge is 0.223 e. The van der Waals surface area contributed by atoms with E-state index in [1.807, 2.05) is 0 Å². The van der Waals surface area contributed by atoms with Crippen LogP contribution < -0.4 is 15.5 Å². The maximum Gasteiger partial charge on any atom is 0.223 e. The highest BCUT2D eigenvalue weighted by Crippen LogP contribution is 2.32. The molecule has 4 heterocycles. The van der Waals surface area contributed by atoms with Crippen molar-refractivity contribution in [2.45, 2.75) is 18.4 Å². The third kappa shape index (κ3) is 3.86. The number of amides is 1. The summed E-state index contributed by atoms with van der Waals surface area (Å²) in [5.41, 5.74) is 1.10. The van der Waals surface area contributed by atoms with Gasteiger partial charge in [-0.05, 0) is 12.1 Å². The zero-order valence-electron chi connectivity index (χ0n) is 13.9. The first-order valence-electron chi connectivity index (χ1n) is 8.12. The van der Waals surface area contributed by atoms with Crippen LogP contribution in [-0.2, 0) is 11.3 Å². The van der Waals surface area contributed by atoms with Crippen LogP contribution in [0.1, 0.15) is 12.6 Å². The van der Waals surface area contributed by atoms with Crippen molar-refractivity contribution in [2.24, 2.45) is 0 Å². The third-order valence-corrected chi connectivity index (χ3v) is 5.94. The van der Waals surface area contributed by atoms with Gasteiger partial charge in [0.2, 0.25) is 16.2 Å². The molecule has 1 fully saturated rings. The van der Waals surface area contributed by atoms with Gasteiger partial charge in [0, 0.05) is 39.6 Å². The highest BCUT2D eigenvalue weighted by atomic mass is 32.2. The van der Waals surface area contributed by atoms with Crippen molar-refractivity contribution in [2.75, 3.05) is 47.6 Å². The quantitative estimate of drug-likeness (QED) is 0.832. The summed E-state index contributed by atoms with van der Waals surface area (Å²) in [5.74, 6) is 1.80. The molecule has 0 aliphatic carbocycles. The molecule has 0 saturated carbocycles. The summed E-state index contributed by atoms with van der Waals surface area (Å²) < 4.78 is 0. The summed E-state index contributed by atoms with van der Waals surface area (Å²) in [4.78, 5) is 21.6. The summed E-state index contributed by atoms with van der Waals surface area (Å²) in [7, 11) is 0. The summed E-state index contributed by atoms with van der Waals surface area (Å²) in [5, 5.41) is 15.6. The number of thioether (sulfide) groups is 1. The van der Waals surface area contributed by atoms with Gasteiger partial charge in [-0.15, -0.1) is 22.0 Å². The van der Waals surface area contributed by atoms with E-state index in [-0.39, 0.29) is 5.91 Å². The van der Waals surface area contributed by atoms with E-state index in [0.29, 0.717) is 5.13 Å². The van der Waals surface area contributed by atoms with Gasteiger partial charge in [0.1, 0.15) is 5.82 Å². The number of hydrogen-bond donors (Lipinski definition) is 2. The van der Waals surface area contributed by atoms with Crippen LogP contribution in [0.15, 0.2) is 17.0 Å². The van der Waals surface area contributed by atoms with Crippen LogP contribution in [0.4, 0.5) is 16.1 Å². The van der Waals surface area contributed by atoms with Crippen LogP contribution in [0.3, 0.4) is 0 Å². The average molecular weight is 377 g/mol. The van der Waals surface area contributed by atoms with Gasteiger partial charge in [-0.3, -0.25) is 9.69 Å². The first kappa shape index (κ1) is 16.6. The molecule has 0 atom stereocenters. The molecule has 0 spiro atoms. The van der Waals surface area contributed by atoms with E-state index >= 15 is 0 Å². The Bertz CT molecular complexity index is 773. The summed E-state index contributed by atoms with van der Waals surface area (Å²) >= 11 is 3.21. The Morgan fingerprint density at radius 2 is 2.12 bits per heavy atom. The van der Waals surface area contributed by atoms with Crippen molar-refractivity contribution in [3.05, 3.63) is 17.8 Å². The molecule has 8 nitrogen and oxygen atoms in total. The Morgan fingerprint density at radius 1 is 1.28 bits per heavy atom. The number of pyridine rings is 1. The van der Waals surface area contributed by atoms with Crippen molar-refractivity contribution in [3.8, 4) is 0 Å². The minimum Gasteiger partial charge on any atom is -0.360 e. The van der Waals surface area contributed by atoms with Crippen LogP contribution >= 0.6 is 23.1 Å². The Hall–Kier alpha value is -1.91. The summed E-state index contributed by atoms with van der Waals surface area (Å²) in [6, 6.07) is 4.28. The molecule has 25 heavy (non-hydrogen) atoms. The molecule has 2 aliphatic rings. The van der Waals surface area contributed by atoms with E-state index in [2.05, 4.69) is 42.8 Å². The maximum absolute atomic E-state index is 11.1. The van der Waals surface area contributed by atoms with Crippen LogP contribution in [0, 0.1) is 0 Å². The van der Waals surface area contributed by atoms with Gasteiger partial charge in [0.05, 0.1) is 16.5 Å². The maximum atomic E-state index is 11.1. The highest BCUT2D eigenvalue weighted by molar-refractivity contribution is 7.99. The minimum atomic E-state index is -0.123. The average Bonchev–Trinajstić information content (AvgIpc) is 3.24. The van der Waals surface area contributed by atoms with Gasteiger partial charge in [0.15, 0.2) is 0 Å². The molecule has 0 radical (unpaired) electrons. The van der Waals surface area contributed by atoms with E-state index < -0.39 is 0 Å². The molecule has 0 unspecified atom stereocenters. The molecular formula is C15H19N7OS2. The highest BCUT2D eigenvalue weighted by Gasteiger charge is 2.21. The Balaban J connectivity index is 1.32. The molecule has 10 heteroatoms. The zero-order chi connectivity index (χ0) is 17.2. The summed E-state index contributed by atoms with van der Waals surface area (Å²) in [6.07, 6.45) is 0. The number of aromatic nitrogens is 3. The minimum absolute atomic E-state index is 0.123. The van der Waals surface area contributed by atoms with Crippen molar-refractivity contribution >= 4 is 45.1 Å². The Morgan fingerprint density at radius 3 is 2.92 bits per heavy atom. The van der Waals surface area contributed by atoms with E-state index in [1.54, 1.807) is 11.8 Å². The number of anilines is 3. The van der Waals surface area contributed by atoms with Crippen molar-refractivity contribution in [1.29, 1.82) is 0 Å². The number of fused-ring (bicyclic) bond motifs is 1. The number of carbonyl (C=O) groups excluding carboxylic acids is 1. The molecule has 0 aromatic carbocycles. The second kappa shape index (κ2) is 7.14. The van der Waals surface area contributed by atoms with Crippen LogP contribution in [0.2, 0.25) is 0 Å². The normalized spacial score (nSPS) is 17.2. The molecular weight excluding hydrogens is 358 g/mol. The fraction of sp³-hybridized carbons (Fsp3) is 0.467.